The van der Waals surface area contributed by atoms with Gasteiger partial charge in [-0.2, -0.15) is 5.10 Å². The zero-order chi connectivity index (χ0) is 21.1. The maximum absolute atomic E-state index is 12.8. The van der Waals surface area contributed by atoms with Gasteiger partial charge >= 0.3 is 5.97 Å². The number of hydrogen-bond acceptors (Lipinski definition) is 6. The van der Waals surface area contributed by atoms with E-state index in [4.69, 9.17) is 9.15 Å². The lowest BCUT2D eigenvalue weighted by atomic mass is 10.0. The number of esters is 1. The third-order valence-corrected chi connectivity index (χ3v) is 4.85. The fourth-order valence-electron chi connectivity index (χ4n) is 3.24. The molecule has 7 heteroatoms. The number of nitrogens with zero attached hydrogens (tertiary/aromatic N) is 2. The van der Waals surface area contributed by atoms with Crippen LogP contribution < -0.4 is 0 Å². The van der Waals surface area contributed by atoms with E-state index in [-0.39, 0.29) is 11.3 Å². The van der Waals surface area contributed by atoms with Gasteiger partial charge in [-0.1, -0.05) is 29.8 Å². The predicted octanol–water partition coefficient (Wildman–Crippen LogP) is 3.83. The second kappa shape index (κ2) is 8.24. The number of hydrogen-bond donors (Lipinski definition) is 1. The molecule has 0 aliphatic carbocycles. The van der Waals surface area contributed by atoms with Gasteiger partial charge in [0.15, 0.2) is 6.61 Å². The van der Waals surface area contributed by atoms with Crippen LogP contribution in [0.1, 0.15) is 39.7 Å². The van der Waals surface area contributed by atoms with E-state index in [2.05, 4.69) is 5.10 Å². The zero-order valence-corrected chi connectivity index (χ0v) is 16.3. The Kier molecular flexibility index (Phi) is 5.34. The molecule has 1 aliphatic heterocycles. The highest BCUT2D eigenvalue weighted by molar-refractivity contribution is 6.03. The van der Waals surface area contributed by atoms with Crippen molar-refractivity contribution in [1.29, 1.82) is 0 Å². The molecule has 1 atom stereocenters. The zero-order valence-electron chi connectivity index (χ0n) is 16.3. The van der Waals surface area contributed by atoms with Crippen molar-refractivity contribution < 1.29 is 23.8 Å². The average molecular weight is 404 g/mol. The van der Waals surface area contributed by atoms with Gasteiger partial charge in [-0.05, 0) is 48.9 Å². The lowest BCUT2D eigenvalue weighted by molar-refractivity contribution is -0.136. The SMILES string of the molecule is Cc1ccc(C2=NN(C(=O)COC(=O)c3ccc(O)cc3)[C@@H](c3ccco3)C2)cc1. The van der Waals surface area contributed by atoms with Crippen molar-refractivity contribution in [2.75, 3.05) is 6.61 Å². The monoisotopic (exact) mass is 404 g/mol. The van der Waals surface area contributed by atoms with E-state index in [1.54, 1.807) is 18.4 Å². The molecule has 30 heavy (non-hydrogen) atoms. The van der Waals surface area contributed by atoms with Crippen LogP contribution in [0.3, 0.4) is 0 Å². The molecular weight excluding hydrogens is 384 g/mol. The van der Waals surface area contributed by atoms with Crippen LogP contribution in [0.4, 0.5) is 0 Å². The van der Waals surface area contributed by atoms with Crippen molar-refractivity contribution >= 4 is 17.6 Å². The molecule has 4 rings (SSSR count). The van der Waals surface area contributed by atoms with E-state index in [9.17, 15) is 14.7 Å². The number of aromatic hydroxyl groups is 1. The van der Waals surface area contributed by atoms with Crippen LogP contribution in [0.5, 0.6) is 5.75 Å². The number of carbonyl (C=O) groups excluding carboxylic acids is 2. The van der Waals surface area contributed by atoms with Gasteiger partial charge in [0.1, 0.15) is 17.6 Å². The largest absolute Gasteiger partial charge is 0.508 e. The highest BCUT2D eigenvalue weighted by Gasteiger charge is 2.35. The number of aryl methyl sites for hydroxylation is 1. The minimum atomic E-state index is -0.653. The molecule has 0 bridgehead atoms. The quantitative estimate of drug-likeness (QED) is 0.653. The molecule has 152 valence electrons. The van der Waals surface area contributed by atoms with Crippen LogP contribution in [-0.4, -0.2) is 34.3 Å². The maximum Gasteiger partial charge on any atom is 0.338 e. The van der Waals surface area contributed by atoms with Crippen LogP contribution in [0.15, 0.2) is 76.4 Å². The normalized spacial score (nSPS) is 15.7. The summed E-state index contributed by atoms with van der Waals surface area (Å²) in [4.78, 5) is 25.0. The number of phenols is 1. The molecular formula is C23H20N2O5. The molecule has 1 aromatic heterocycles. The first kappa shape index (κ1) is 19.4. The van der Waals surface area contributed by atoms with E-state index in [1.807, 2.05) is 31.2 Å². The lowest BCUT2D eigenvalue weighted by Gasteiger charge is -2.19. The van der Waals surface area contributed by atoms with Gasteiger partial charge in [0, 0.05) is 6.42 Å². The van der Waals surface area contributed by atoms with Gasteiger partial charge in [0.25, 0.3) is 5.91 Å². The summed E-state index contributed by atoms with van der Waals surface area (Å²) in [7, 11) is 0. The highest BCUT2D eigenvalue weighted by Crippen LogP contribution is 2.33. The van der Waals surface area contributed by atoms with Crippen molar-refractivity contribution in [1.82, 2.24) is 5.01 Å². The topological polar surface area (TPSA) is 92.3 Å². The fourth-order valence-corrected chi connectivity index (χ4v) is 3.24. The standard InChI is InChI=1S/C23H20N2O5/c1-15-4-6-16(7-5-15)19-13-20(21-3-2-12-29-21)25(24-19)22(27)14-30-23(28)17-8-10-18(26)11-9-17/h2-12,20,26H,13-14H2,1H3/t20-/m1/s1. The molecule has 1 amide bonds. The van der Waals surface area contributed by atoms with Crippen LogP contribution in [0.2, 0.25) is 0 Å². The molecule has 0 radical (unpaired) electrons. The van der Waals surface area contributed by atoms with Crippen LogP contribution in [-0.2, 0) is 9.53 Å². The Balaban J connectivity index is 1.50. The molecule has 2 heterocycles. The first-order chi connectivity index (χ1) is 14.5. The van der Waals surface area contributed by atoms with Crippen molar-refractivity contribution in [2.24, 2.45) is 5.10 Å². The Morgan fingerprint density at radius 3 is 2.53 bits per heavy atom. The van der Waals surface area contributed by atoms with Crippen molar-refractivity contribution in [2.45, 2.75) is 19.4 Å². The molecule has 0 spiro atoms. The number of furan rings is 1. The molecule has 0 unspecified atom stereocenters. The summed E-state index contributed by atoms with van der Waals surface area (Å²) in [5.74, 6) is -0.455. The van der Waals surface area contributed by atoms with E-state index < -0.39 is 24.5 Å². The minimum Gasteiger partial charge on any atom is -0.508 e. The van der Waals surface area contributed by atoms with Gasteiger partial charge in [-0.15, -0.1) is 0 Å². The van der Waals surface area contributed by atoms with Gasteiger partial charge in [0.2, 0.25) is 0 Å². The number of ether oxygens (including phenoxy) is 1. The minimum absolute atomic E-state index is 0.0407. The summed E-state index contributed by atoms with van der Waals surface area (Å²) in [5, 5.41) is 15.1. The first-order valence-corrected chi connectivity index (χ1v) is 9.47. The summed E-state index contributed by atoms with van der Waals surface area (Å²) < 4.78 is 10.7. The molecule has 0 fully saturated rings. The summed E-state index contributed by atoms with van der Waals surface area (Å²) in [6.07, 6.45) is 2.04. The summed E-state index contributed by atoms with van der Waals surface area (Å²) >= 11 is 0. The summed E-state index contributed by atoms with van der Waals surface area (Å²) in [6.45, 7) is 1.55. The summed E-state index contributed by atoms with van der Waals surface area (Å²) in [5.41, 5.74) is 3.06. The van der Waals surface area contributed by atoms with Gasteiger partial charge in [-0.3, -0.25) is 4.79 Å². The Morgan fingerprint density at radius 2 is 1.87 bits per heavy atom. The predicted molar refractivity (Wildman–Crippen MR) is 109 cm³/mol. The molecule has 3 aromatic rings. The van der Waals surface area contributed by atoms with Crippen molar-refractivity contribution in [3.05, 3.63) is 89.4 Å². The van der Waals surface area contributed by atoms with Gasteiger partial charge < -0.3 is 14.3 Å². The average Bonchev–Trinajstić information content (AvgIpc) is 3.43. The van der Waals surface area contributed by atoms with E-state index in [0.29, 0.717) is 12.2 Å². The van der Waals surface area contributed by atoms with Crippen LogP contribution in [0.25, 0.3) is 0 Å². The smallest absolute Gasteiger partial charge is 0.338 e. The number of benzene rings is 2. The van der Waals surface area contributed by atoms with E-state index >= 15 is 0 Å². The maximum atomic E-state index is 12.8. The van der Waals surface area contributed by atoms with Gasteiger partial charge in [0.05, 0.1) is 17.5 Å². The summed E-state index contributed by atoms with van der Waals surface area (Å²) in [6, 6.07) is 16.7. The highest BCUT2D eigenvalue weighted by atomic mass is 16.5. The second-order valence-corrected chi connectivity index (χ2v) is 7.01. The number of amides is 1. The van der Waals surface area contributed by atoms with Crippen LogP contribution in [0, 0.1) is 6.92 Å². The third-order valence-electron chi connectivity index (χ3n) is 4.85. The molecule has 1 N–H and O–H groups in total. The number of rotatable bonds is 5. The van der Waals surface area contributed by atoms with Gasteiger partial charge in [-0.25, -0.2) is 9.80 Å². The lowest BCUT2D eigenvalue weighted by Crippen LogP contribution is -2.31. The molecule has 2 aromatic carbocycles. The second-order valence-electron chi connectivity index (χ2n) is 7.01. The first-order valence-electron chi connectivity index (χ1n) is 9.47. The molecule has 0 saturated carbocycles. The van der Waals surface area contributed by atoms with Crippen LogP contribution >= 0.6 is 0 Å². The Labute approximate surface area is 173 Å². The molecule has 7 nitrogen and oxygen atoms in total. The Bertz CT molecular complexity index is 1070. The molecule has 0 saturated heterocycles. The van der Waals surface area contributed by atoms with E-state index in [1.165, 1.54) is 29.3 Å². The number of carbonyl (C=O) groups is 2. The number of phenolic OH excluding ortho intramolecular Hbond substituents is 1. The number of hydrazone groups is 1. The van der Waals surface area contributed by atoms with Crippen molar-refractivity contribution in [3.63, 3.8) is 0 Å². The Hall–Kier alpha value is -3.87. The Morgan fingerprint density at radius 1 is 1.13 bits per heavy atom. The van der Waals surface area contributed by atoms with E-state index in [0.717, 1.165) is 16.8 Å². The van der Waals surface area contributed by atoms with Crippen molar-refractivity contribution in [3.8, 4) is 5.75 Å². The fraction of sp³-hybridized carbons (Fsp3) is 0.174. The third kappa shape index (κ3) is 4.10. The molecule has 1 aliphatic rings.